The first-order valence-electron chi connectivity index (χ1n) is 7.35. The number of halogens is 1. The highest BCUT2D eigenvalue weighted by atomic mass is 19.1. The van der Waals surface area contributed by atoms with Crippen LogP contribution in [0.5, 0.6) is 0 Å². The highest BCUT2D eigenvalue weighted by molar-refractivity contribution is 5.85. The van der Waals surface area contributed by atoms with E-state index in [4.69, 9.17) is 4.98 Å². The van der Waals surface area contributed by atoms with Crippen LogP contribution < -0.4 is 10.2 Å². The van der Waals surface area contributed by atoms with Gasteiger partial charge in [0.25, 0.3) is 0 Å². The lowest BCUT2D eigenvalue weighted by atomic mass is 10.2. The molecule has 1 fully saturated rings. The van der Waals surface area contributed by atoms with Gasteiger partial charge in [-0.15, -0.1) is 0 Å². The van der Waals surface area contributed by atoms with Crippen LogP contribution in [0.3, 0.4) is 0 Å². The quantitative estimate of drug-likeness (QED) is 0.745. The molecule has 108 valence electrons. The second-order valence-electron chi connectivity index (χ2n) is 5.42. The zero-order valence-electron chi connectivity index (χ0n) is 11.7. The van der Waals surface area contributed by atoms with E-state index in [1.54, 1.807) is 6.07 Å². The van der Waals surface area contributed by atoms with Crippen molar-refractivity contribution in [2.24, 2.45) is 0 Å². The van der Waals surface area contributed by atoms with Crippen molar-refractivity contribution >= 4 is 22.4 Å². The molecule has 0 aliphatic carbocycles. The molecule has 0 spiro atoms. The lowest BCUT2D eigenvalue weighted by molar-refractivity contribution is 0.629. The summed E-state index contributed by atoms with van der Waals surface area (Å²) in [7, 11) is 0. The van der Waals surface area contributed by atoms with Crippen LogP contribution in [0.15, 0.2) is 36.5 Å². The number of rotatable bonds is 1. The fraction of sp³-hybridized carbons (Fsp3) is 0.312. The number of benzene rings is 1. The summed E-state index contributed by atoms with van der Waals surface area (Å²) in [6.45, 7) is 3.89. The molecule has 0 saturated carbocycles. The molecule has 1 saturated heterocycles. The molecule has 1 N–H and O–H groups in total. The van der Waals surface area contributed by atoms with E-state index in [9.17, 15) is 4.39 Å². The van der Waals surface area contributed by atoms with Gasteiger partial charge in [-0.25, -0.2) is 9.37 Å². The largest absolute Gasteiger partial charge is 0.354 e. The molecule has 0 atom stereocenters. The molecule has 0 bridgehead atoms. The molecule has 3 aromatic rings. The van der Waals surface area contributed by atoms with Crippen LogP contribution in [-0.2, 0) is 0 Å². The normalized spacial score (nSPS) is 16.5. The van der Waals surface area contributed by atoms with Gasteiger partial charge < -0.3 is 14.6 Å². The molecule has 4 nitrogen and oxygen atoms in total. The molecule has 1 aromatic carbocycles. The Morgan fingerprint density at radius 3 is 3.00 bits per heavy atom. The minimum absolute atomic E-state index is 0.245. The molecular formula is C16H17FN4. The Kier molecular flexibility index (Phi) is 3.00. The maximum Gasteiger partial charge on any atom is 0.153 e. The van der Waals surface area contributed by atoms with Gasteiger partial charge in [0.2, 0.25) is 0 Å². The molecule has 4 rings (SSSR count). The van der Waals surface area contributed by atoms with Crippen LogP contribution in [0.1, 0.15) is 6.42 Å². The van der Waals surface area contributed by atoms with Crippen LogP contribution in [0, 0.1) is 5.82 Å². The van der Waals surface area contributed by atoms with Crippen LogP contribution in [-0.4, -0.2) is 35.6 Å². The molecule has 3 heterocycles. The Balaban J connectivity index is 1.94. The summed E-state index contributed by atoms with van der Waals surface area (Å²) < 4.78 is 15.6. The van der Waals surface area contributed by atoms with E-state index in [0.717, 1.165) is 49.5 Å². The van der Waals surface area contributed by atoms with Gasteiger partial charge in [-0.3, -0.25) is 0 Å². The standard InChI is InChI=1S/C16H17FN4/c17-12-4-5-14-13(11-12)19-16(15-3-1-9-21(14)15)20-8-2-6-18-7-10-20/h1,3-5,9,11,18H,2,6-8,10H2. The Labute approximate surface area is 122 Å². The fourth-order valence-electron chi connectivity index (χ4n) is 3.02. The minimum atomic E-state index is -0.245. The van der Waals surface area contributed by atoms with Gasteiger partial charge in [-0.1, -0.05) is 0 Å². The third kappa shape index (κ3) is 2.14. The molecule has 5 heteroatoms. The molecule has 0 radical (unpaired) electrons. The molecule has 2 aromatic heterocycles. The van der Waals surface area contributed by atoms with Gasteiger partial charge in [0.15, 0.2) is 5.82 Å². The van der Waals surface area contributed by atoms with Crippen LogP contribution in [0.25, 0.3) is 16.6 Å². The monoisotopic (exact) mass is 284 g/mol. The highest BCUT2D eigenvalue weighted by Crippen LogP contribution is 2.26. The van der Waals surface area contributed by atoms with Gasteiger partial charge in [0.1, 0.15) is 5.82 Å². The first-order chi connectivity index (χ1) is 10.3. The molecule has 1 aliphatic rings. The second kappa shape index (κ2) is 5.00. The van der Waals surface area contributed by atoms with Crippen molar-refractivity contribution in [2.75, 3.05) is 31.1 Å². The fourth-order valence-corrected chi connectivity index (χ4v) is 3.02. The van der Waals surface area contributed by atoms with Crippen molar-refractivity contribution in [3.63, 3.8) is 0 Å². The van der Waals surface area contributed by atoms with Gasteiger partial charge in [-0.05, 0) is 37.2 Å². The number of aromatic nitrogens is 2. The Morgan fingerprint density at radius 1 is 1.10 bits per heavy atom. The van der Waals surface area contributed by atoms with Crippen molar-refractivity contribution < 1.29 is 4.39 Å². The van der Waals surface area contributed by atoms with E-state index in [-0.39, 0.29) is 5.82 Å². The predicted octanol–water partition coefficient (Wildman–Crippen LogP) is 2.43. The van der Waals surface area contributed by atoms with Gasteiger partial charge in [0, 0.05) is 31.9 Å². The van der Waals surface area contributed by atoms with Crippen molar-refractivity contribution in [1.29, 1.82) is 0 Å². The lowest BCUT2D eigenvalue weighted by Gasteiger charge is -2.22. The third-order valence-corrected chi connectivity index (χ3v) is 4.04. The second-order valence-corrected chi connectivity index (χ2v) is 5.42. The van der Waals surface area contributed by atoms with Crippen molar-refractivity contribution in [1.82, 2.24) is 14.7 Å². The summed E-state index contributed by atoms with van der Waals surface area (Å²) in [5.41, 5.74) is 2.72. The Morgan fingerprint density at radius 2 is 2.05 bits per heavy atom. The summed E-state index contributed by atoms with van der Waals surface area (Å²) in [6, 6.07) is 8.87. The summed E-state index contributed by atoms with van der Waals surface area (Å²) in [5.74, 6) is 0.701. The average Bonchev–Trinajstić information content (AvgIpc) is 2.81. The third-order valence-electron chi connectivity index (χ3n) is 4.04. The minimum Gasteiger partial charge on any atom is -0.354 e. The summed E-state index contributed by atoms with van der Waals surface area (Å²) >= 11 is 0. The summed E-state index contributed by atoms with van der Waals surface area (Å²) in [5, 5.41) is 3.40. The maximum atomic E-state index is 13.5. The van der Waals surface area contributed by atoms with E-state index in [2.05, 4.69) is 20.7 Å². The number of nitrogens with one attached hydrogen (secondary N) is 1. The van der Waals surface area contributed by atoms with E-state index in [1.165, 1.54) is 12.1 Å². The van der Waals surface area contributed by atoms with Crippen LogP contribution in [0.4, 0.5) is 10.2 Å². The summed E-state index contributed by atoms with van der Waals surface area (Å²) in [6.07, 6.45) is 3.10. The molecule has 1 aliphatic heterocycles. The number of fused-ring (bicyclic) bond motifs is 3. The van der Waals surface area contributed by atoms with Crippen molar-refractivity contribution in [3.05, 3.63) is 42.3 Å². The van der Waals surface area contributed by atoms with Gasteiger partial charge in [0.05, 0.1) is 16.6 Å². The van der Waals surface area contributed by atoms with E-state index < -0.39 is 0 Å². The number of hydrogen-bond donors (Lipinski definition) is 1. The molecular weight excluding hydrogens is 267 g/mol. The number of hydrogen-bond acceptors (Lipinski definition) is 3. The number of nitrogens with zero attached hydrogens (tertiary/aromatic N) is 3. The average molecular weight is 284 g/mol. The molecule has 21 heavy (non-hydrogen) atoms. The number of anilines is 1. The lowest BCUT2D eigenvalue weighted by Crippen LogP contribution is -2.29. The van der Waals surface area contributed by atoms with Gasteiger partial charge in [-0.2, -0.15) is 0 Å². The van der Waals surface area contributed by atoms with Crippen molar-refractivity contribution in [2.45, 2.75) is 6.42 Å². The first-order valence-corrected chi connectivity index (χ1v) is 7.35. The zero-order chi connectivity index (χ0) is 14.2. The van der Waals surface area contributed by atoms with Crippen LogP contribution >= 0.6 is 0 Å². The van der Waals surface area contributed by atoms with E-state index in [1.807, 2.05) is 12.3 Å². The van der Waals surface area contributed by atoms with E-state index in [0.29, 0.717) is 5.52 Å². The predicted molar refractivity (Wildman–Crippen MR) is 82.4 cm³/mol. The maximum absolute atomic E-state index is 13.5. The smallest absolute Gasteiger partial charge is 0.153 e. The van der Waals surface area contributed by atoms with Crippen molar-refractivity contribution in [3.8, 4) is 0 Å². The summed E-state index contributed by atoms with van der Waals surface area (Å²) in [4.78, 5) is 7.03. The topological polar surface area (TPSA) is 32.6 Å². The molecule has 0 unspecified atom stereocenters. The highest BCUT2D eigenvalue weighted by Gasteiger charge is 2.16. The zero-order valence-corrected chi connectivity index (χ0v) is 11.7. The Hall–Kier alpha value is -2.14. The Bertz CT molecular complexity index is 787. The SMILES string of the molecule is Fc1ccc2c(c1)nc(N1CCCNCC1)c1cccn12. The van der Waals surface area contributed by atoms with Crippen LogP contribution in [0.2, 0.25) is 0 Å². The van der Waals surface area contributed by atoms with E-state index >= 15 is 0 Å². The first kappa shape index (κ1) is 12.6. The van der Waals surface area contributed by atoms with Gasteiger partial charge >= 0.3 is 0 Å². The molecule has 0 amide bonds.